The van der Waals surface area contributed by atoms with Gasteiger partial charge >= 0.3 is 6.03 Å². The highest BCUT2D eigenvalue weighted by molar-refractivity contribution is 6.02. The number of nitrogens with one attached hydrogen (secondary N) is 2. The van der Waals surface area contributed by atoms with Gasteiger partial charge in [0.1, 0.15) is 0 Å². The standard InChI is InChI=1S/C17H22N4O/c1-2-3-5-13-7-9-14(10-8-13)19-17(22)21-11-4-6-15-16(21)12-18-20-15/h7-10,12H,2-6,11H2,1H3,(H,18,20)(H,19,22). The molecule has 1 aromatic carbocycles. The van der Waals surface area contributed by atoms with Crippen LogP contribution in [0.1, 0.15) is 37.4 Å². The van der Waals surface area contributed by atoms with Crippen LogP contribution in [-0.2, 0) is 12.8 Å². The van der Waals surface area contributed by atoms with Gasteiger partial charge in [0.15, 0.2) is 0 Å². The minimum absolute atomic E-state index is 0.0938. The van der Waals surface area contributed by atoms with Crippen LogP contribution in [0.2, 0.25) is 0 Å². The maximum absolute atomic E-state index is 12.5. The van der Waals surface area contributed by atoms with Crippen molar-refractivity contribution in [2.75, 3.05) is 16.8 Å². The molecule has 1 aliphatic heterocycles. The zero-order valence-electron chi connectivity index (χ0n) is 12.9. The summed E-state index contributed by atoms with van der Waals surface area (Å²) < 4.78 is 0. The highest BCUT2D eigenvalue weighted by atomic mass is 16.2. The second kappa shape index (κ2) is 6.64. The SMILES string of the molecule is CCCCc1ccc(NC(=O)N2CCCc3[nH]ncc32)cc1. The number of nitrogens with zero attached hydrogens (tertiary/aromatic N) is 2. The summed E-state index contributed by atoms with van der Waals surface area (Å²) in [4.78, 5) is 14.2. The highest BCUT2D eigenvalue weighted by Gasteiger charge is 2.23. The van der Waals surface area contributed by atoms with E-state index in [9.17, 15) is 4.79 Å². The van der Waals surface area contributed by atoms with E-state index in [-0.39, 0.29) is 6.03 Å². The molecule has 2 heterocycles. The normalized spacial score (nSPS) is 13.8. The van der Waals surface area contributed by atoms with Gasteiger partial charge in [0.2, 0.25) is 0 Å². The van der Waals surface area contributed by atoms with Gasteiger partial charge in [-0.3, -0.25) is 10.00 Å². The molecule has 0 aliphatic carbocycles. The number of carbonyl (C=O) groups is 1. The van der Waals surface area contributed by atoms with Gasteiger partial charge in [-0.25, -0.2) is 4.79 Å². The molecule has 3 rings (SSSR count). The summed E-state index contributed by atoms with van der Waals surface area (Å²) in [6, 6.07) is 8.03. The Bertz CT molecular complexity index is 632. The number of fused-ring (bicyclic) bond motifs is 1. The number of hydrogen-bond acceptors (Lipinski definition) is 2. The van der Waals surface area contributed by atoms with Crippen LogP contribution >= 0.6 is 0 Å². The number of aromatic amines is 1. The Balaban J connectivity index is 1.65. The van der Waals surface area contributed by atoms with Crippen molar-refractivity contribution >= 4 is 17.4 Å². The van der Waals surface area contributed by atoms with Gasteiger partial charge in [-0.2, -0.15) is 5.10 Å². The van der Waals surface area contributed by atoms with E-state index in [4.69, 9.17) is 0 Å². The van der Waals surface area contributed by atoms with Crippen molar-refractivity contribution in [1.82, 2.24) is 10.2 Å². The molecule has 0 saturated carbocycles. The Labute approximate surface area is 130 Å². The molecular formula is C17H22N4O. The molecule has 0 atom stereocenters. The average Bonchev–Trinajstić information content (AvgIpc) is 3.02. The van der Waals surface area contributed by atoms with E-state index in [1.54, 1.807) is 11.1 Å². The van der Waals surface area contributed by atoms with E-state index in [0.29, 0.717) is 0 Å². The first-order valence-corrected chi connectivity index (χ1v) is 7.97. The number of amides is 2. The summed E-state index contributed by atoms with van der Waals surface area (Å²) in [6.07, 6.45) is 7.12. The lowest BCUT2D eigenvalue weighted by atomic mass is 10.1. The maximum Gasteiger partial charge on any atom is 0.326 e. The summed E-state index contributed by atoms with van der Waals surface area (Å²) in [5.41, 5.74) is 4.08. The number of unbranched alkanes of at least 4 members (excludes halogenated alkanes) is 1. The first-order valence-electron chi connectivity index (χ1n) is 7.97. The lowest BCUT2D eigenvalue weighted by Gasteiger charge is -2.26. The van der Waals surface area contributed by atoms with Crippen molar-refractivity contribution in [2.24, 2.45) is 0 Å². The first-order chi connectivity index (χ1) is 10.8. The maximum atomic E-state index is 12.5. The Morgan fingerprint density at radius 2 is 2.18 bits per heavy atom. The van der Waals surface area contributed by atoms with Gasteiger partial charge in [-0.05, 0) is 43.4 Å². The minimum atomic E-state index is -0.0938. The number of rotatable bonds is 4. The number of aromatic nitrogens is 2. The number of benzene rings is 1. The highest BCUT2D eigenvalue weighted by Crippen LogP contribution is 2.25. The van der Waals surface area contributed by atoms with Crippen molar-refractivity contribution in [1.29, 1.82) is 0 Å². The molecule has 2 aromatic rings. The van der Waals surface area contributed by atoms with Crippen molar-refractivity contribution in [3.8, 4) is 0 Å². The molecule has 2 amide bonds. The van der Waals surface area contributed by atoms with Crippen LogP contribution in [0.3, 0.4) is 0 Å². The summed E-state index contributed by atoms with van der Waals surface area (Å²) in [7, 11) is 0. The molecule has 5 heteroatoms. The van der Waals surface area contributed by atoms with E-state index in [0.717, 1.165) is 42.9 Å². The molecule has 1 aliphatic rings. The third-order valence-electron chi connectivity index (χ3n) is 4.06. The predicted molar refractivity (Wildman–Crippen MR) is 88.3 cm³/mol. The second-order valence-electron chi connectivity index (χ2n) is 5.72. The number of carbonyl (C=O) groups excluding carboxylic acids is 1. The fraction of sp³-hybridized carbons (Fsp3) is 0.412. The third-order valence-corrected chi connectivity index (χ3v) is 4.06. The van der Waals surface area contributed by atoms with Crippen LogP contribution in [-0.4, -0.2) is 22.8 Å². The Morgan fingerprint density at radius 1 is 1.36 bits per heavy atom. The molecule has 0 unspecified atom stereocenters. The van der Waals surface area contributed by atoms with Gasteiger partial charge < -0.3 is 5.32 Å². The number of urea groups is 1. The van der Waals surface area contributed by atoms with Crippen molar-refractivity contribution in [2.45, 2.75) is 39.0 Å². The van der Waals surface area contributed by atoms with Gasteiger partial charge in [0.25, 0.3) is 0 Å². The van der Waals surface area contributed by atoms with Gasteiger partial charge in [0.05, 0.1) is 17.6 Å². The van der Waals surface area contributed by atoms with Crippen LogP contribution in [0.25, 0.3) is 0 Å². The summed E-state index contributed by atoms with van der Waals surface area (Å²) >= 11 is 0. The van der Waals surface area contributed by atoms with Crippen LogP contribution < -0.4 is 10.2 Å². The lowest BCUT2D eigenvalue weighted by Crippen LogP contribution is -2.38. The van der Waals surface area contributed by atoms with E-state index in [1.165, 1.54) is 18.4 Å². The van der Waals surface area contributed by atoms with E-state index >= 15 is 0 Å². The summed E-state index contributed by atoms with van der Waals surface area (Å²) in [5, 5.41) is 9.97. The Morgan fingerprint density at radius 3 is 2.95 bits per heavy atom. The molecule has 0 saturated heterocycles. The first kappa shape index (κ1) is 14.6. The quantitative estimate of drug-likeness (QED) is 0.903. The molecule has 5 nitrogen and oxygen atoms in total. The number of hydrogen-bond donors (Lipinski definition) is 2. The number of H-pyrrole nitrogens is 1. The molecule has 0 bridgehead atoms. The fourth-order valence-corrected chi connectivity index (χ4v) is 2.80. The number of aryl methyl sites for hydroxylation is 2. The van der Waals surface area contributed by atoms with Crippen LogP contribution in [0.5, 0.6) is 0 Å². The van der Waals surface area contributed by atoms with E-state index < -0.39 is 0 Å². The Kier molecular flexibility index (Phi) is 4.42. The van der Waals surface area contributed by atoms with Crippen molar-refractivity contribution in [3.63, 3.8) is 0 Å². The molecule has 22 heavy (non-hydrogen) atoms. The van der Waals surface area contributed by atoms with Crippen molar-refractivity contribution < 1.29 is 4.79 Å². The van der Waals surface area contributed by atoms with Crippen LogP contribution in [0.4, 0.5) is 16.2 Å². The molecule has 0 fully saturated rings. The zero-order chi connectivity index (χ0) is 15.4. The molecule has 2 N–H and O–H groups in total. The molecule has 0 radical (unpaired) electrons. The number of anilines is 2. The van der Waals surface area contributed by atoms with Crippen LogP contribution in [0, 0.1) is 0 Å². The summed E-state index contributed by atoms with van der Waals surface area (Å²) in [5.74, 6) is 0. The topological polar surface area (TPSA) is 61.0 Å². The second-order valence-corrected chi connectivity index (χ2v) is 5.72. The largest absolute Gasteiger partial charge is 0.326 e. The lowest BCUT2D eigenvalue weighted by molar-refractivity contribution is 0.256. The van der Waals surface area contributed by atoms with E-state index in [2.05, 4.69) is 34.6 Å². The fourth-order valence-electron chi connectivity index (χ4n) is 2.80. The zero-order valence-corrected chi connectivity index (χ0v) is 12.9. The summed E-state index contributed by atoms with van der Waals surface area (Å²) in [6.45, 7) is 2.92. The molecular weight excluding hydrogens is 276 g/mol. The Hall–Kier alpha value is -2.30. The van der Waals surface area contributed by atoms with Crippen LogP contribution in [0.15, 0.2) is 30.5 Å². The smallest absolute Gasteiger partial charge is 0.308 e. The van der Waals surface area contributed by atoms with Crippen molar-refractivity contribution in [3.05, 3.63) is 41.7 Å². The van der Waals surface area contributed by atoms with Gasteiger partial charge in [-0.15, -0.1) is 0 Å². The minimum Gasteiger partial charge on any atom is -0.308 e. The van der Waals surface area contributed by atoms with Gasteiger partial charge in [0, 0.05) is 12.2 Å². The monoisotopic (exact) mass is 298 g/mol. The molecule has 116 valence electrons. The molecule has 1 aromatic heterocycles. The third kappa shape index (κ3) is 3.13. The van der Waals surface area contributed by atoms with Gasteiger partial charge in [-0.1, -0.05) is 25.5 Å². The predicted octanol–water partition coefficient (Wildman–Crippen LogP) is 3.74. The molecule has 0 spiro atoms. The van der Waals surface area contributed by atoms with E-state index in [1.807, 2.05) is 12.1 Å². The average molecular weight is 298 g/mol.